The van der Waals surface area contributed by atoms with Gasteiger partial charge in [0, 0.05) is 29.1 Å². The molecule has 5 heteroatoms. The van der Waals surface area contributed by atoms with E-state index in [-0.39, 0.29) is 5.41 Å². The maximum absolute atomic E-state index is 6.83. The van der Waals surface area contributed by atoms with E-state index in [9.17, 15) is 0 Å². The number of nitrogen functional groups attached to an aromatic ring is 1. The smallest absolute Gasteiger partial charge is 0.142 e. The van der Waals surface area contributed by atoms with Gasteiger partial charge in [-0.05, 0) is 55.6 Å². The van der Waals surface area contributed by atoms with Crippen LogP contribution in [0.5, 0.6) is 5.75 Å². The van der Waals surface area contributed by atoms with Crippen molar-refractivity contribution in [1.82, 2.24) is 4.90 Å². The average Bonchev–Trinajstić information content (AvgIpc) is 2.99. The van der Waals surface area contributed by atoms with E-state index in [1.165, 1.54) is 5.56 Å². The van der Waals surface area contributed by atoms with Crippen molar-refractivity contribution in [2.24, 2.45) is 5.41 Å². The summed E-state index contributed by atoms with van der Waals surface area (Å²) in [7, 11) is 1.73. The molecule has 0 amide bonds. The minimum atomic E-state index is 0.0254. The summed E-state index contributed by atoms with van der Waals surface area (Å²) in [6.07, 6.45) is 2.18. The highest BCUT2D eigenvalue weighted by molar-refractivity contribution is 6.32. The van der Waals surface area contributed by atoms with Crippen molar-refractivity contribution in [3.8, 4) is 5.75 Å². The maximum atomic E-state index is 6.83. The predicted molar refractivity (Wildman–Crippen MR) is 123 cm³/mol. The van der Waals surface area contributed by atoms with Gasteiger partial charge < -0.3 is 20.3 Å². The van der Waals surface area contributed by atoms with Crippen molar-refractivity contribution < 1.29 is 4.74 Å². The highest BCUT2D eigenvalue weighted by Gasteiger charge is 2.48. The van der Waals surface area contributed by atoms with Crippen molar-refractivity contribution in [1.29, 1.82) is 0 Å². The molecule has 0 aliphatic carbocycles. The number of anilines is 3. The molecule has 0 atom stereocenters. The van der Waals surface area contributed by atoms with Gasteiger partial charge in [-0.2, -0.15) is 0 Å². The van der Waals surface area contributed by atoms with Crippen LogP contribution in [0.25, 0.3) is 0 Å². The lowest BCUT2D eigenvalue weighted by atomic mass is 9.74. The fourth-order valence-corrected chi connectivity index (χ4v) is 5.46. The zero-order valence-corrected chi connectivity index (χ0v) is 18.7. The van der Waals surface area contributed by atoms with Crippen LogP contribution in [0.2, 0.25) is 5.02 Å². The Bertz CT molecular complexity index is 897. The minimum absolute atomic E-state index is 0.0254. The number of piperidine rings is 1. The van der Waals surface area contributed by atoms with Crippen LogP contribution in [0.15, 0.2) is 36.4 Å². The van der Waals surface area contributed by atoms with Gasteiger partial charge in [-0.25, -0.2) is 0 Å². The number of nitrogens with zero attached hydrogens (tertiary/aromatic N) is 2. The number of methoxy groups -OCH3 is 1. The topological polar surface area (TPSA) is 41.7 Å². The molecule has 2 aromatic carbocycles. The molecular weight excluding hydrogens is 382 g/mol. The third-order valence-electron chi connectivity index (χ3n) is 6.31. The quantitative estimate of drug-likeness (QED) is 0.678. The van der Waals surface area contributed by atoms with Crippen LogP contribution < -0.4 is 15.4 Å². The zero-order valence-electron chi connectivity index (χ0n) is 18.0. The number of benzene rings is 2. The molecule has 0 unspecified atom stereocenters. The van der Waals surface area contributed by atoms with Crippen LogP contribution in [0.4, 0.5) is 17.1 Å². The summed E-state index contributed by atoms with van der Waals surface area (Å²) in [5, 5.41) is 0.835. The number of fused-ring (bicyclic) bond motifs is 2. The number of ether oxygens (including phenoxy) is 1. The monoisotopic (exact) mass is 413 g/mol. The summed E-state index contributed by atoms with van der Waals surface area (Å²) in [5.41, 5.74) is 10.8. The molecule has 2 aliphatic rings. The first kappa shape index (κ1) is 20.4. The lowest BCUT2D eigenvalue weighted by Gasteiger charge is -2.42. The highest BCUT2D eigenvalue weighted by atomic mass is 35.5. The molecule has 1 fully saturated rings. The fraction of sp³-hybridized carbons (Fsp3) is 0.500. The van der Waals surface area contributed by atoms with Crippen molar-refractivity contribution >= 4 is 28.7 Å². The van der Waals surface area contributed by atoms with E-state index >= 15 is 0 Å². The Kier molecular flexibility index (Phi) is 5.20. The average molecular weight is 414 g/mol. The molecule has 0 aromatic heterocycles. The Morgan fingerprint density at radius 2 is 1.79 bits per heavy atom. The number of hydrogen-bond acceptors (Lipinski definition) is 4. The fourth-order valence-electron chi connectivity index (χ4n) is 5.10. The van der Waals surface area contributed by atoms with Crippen LogP contribution >= 0.6 is 11.6 Å². The van der Waals surface area contributed by atoms with E-state index < -0.39 is 0 Å². The van der Waals surface area contributed by atoms with Crippen LogP contribution in [-0.4, -0.2) is 38.2 Å². The van der Waals surface area contributed by atoms with Gasteiger partial charge in [0.25, 0.3) is 0 Å². The third-order valence-corrected chi connectivity index (χ3v) is 6.62. The molecule has 1 saturated heterocycles. The molecule has 1 spiro atoms. The van der Waals surface area contributed by atoms with Crippen LogP contribution in [0.3, 0.4) is 0 Å². The number of hydrogen-bond donors (Lipinski definition) is 1. The third kappa shape index (κ3) is 3.69. The molecular formula is C24H32ClN3O. The van der Waals surface area contributed by atoms with Gasteiger partial charge in [0.2, 0.25) is 0 Å². The van der Waals surface area contributed by atoms with Gasteiger partial charge in [-0.15, -0.1) is 0 Å². The van der Waals surface area contributed by atoms with Crippen molar-refractivity contribution in [3.63, 3.8) is 0 Å². The van der Waals surface area contributed by atoms with Crippen molar-refractivity contribution in [3.05, 3.63) is 47.0 Å². The predicted octanol–water partition coefficient (Wildman–Crippen LogP) is 5.46. The van der Waals surface area contributed by atoms with E-state index in [0.29, 0.717) is 5.41 Å². The lowest BCUT2D eigenvalue weighted by Crippen LogP contribution is -2.47. The maximum Gasteiger partial charge on any atom is 0.142 e. The lowest BCUT2D eigenvalue weighted by molar-refractivity contribution is 0.125. The molecule has 4 rings (SSSR count). The number of rotatable bonds is 3. The van der Waals surface area contributed by atoms with Crippen LogP contribution in [-0.2, 0) is 5.41 Å². The molecule has 2 heterocycles. The summed E-state index contributed by atoms with van der Waals surface area (Å²) in [5.74, 6) is 0.863. The van der Waals surface area contributed by atoms with E-state index in [1.807, 2.05) is 30.3 Å². The Labute approximate surface area is 179 Å². The molecule has 2 aliphatic heterocycles. The molecule has 4 nitrogen and oxygen atoms in total. The van der Waals surface area contributed by atoms with E-state index in [0.717, 1.165) is 66.9 Å². The molecule has 0 saturated carbocycles. The molecule has 0 radical (unpaired) electrons. The number of nitrogens with two attached hydrogens (primary N) is 1. The van der Waals surface area contributed by atoms with Gasteiger partial charge in [-0.3, -0.25) is 0 Å². The normalized spacial score (nSPS) is 18.9. The summed E-state index contributed by atoms with van der Waals surface area (Å²) in [6, 6.07) is 12.0. The van der Waals surface area contributed by atoms with Gasteiger partial charge in [-0.1, -0.05) is 44.5 Å². The van der Waals surface area contributed by atoms with Crippen LogP contribution in [0, 0.1) is 5.41 Å². The van der Waals surface area contributed by atoms with Gasteiger partial charge in [0.05, 0.1) is 24.2 Å². The summed E-state index contributed by atoms with van der Waals surface area (Å²) in [4.78, 5) is 4.92. The molecule has 29 heavy (non-hydrogen) atoms. The van der Waals surface area contributed by atoms with Gasteiger partial charge in [0.1, 0.15) is 5.75 Å². The molecule has 2 N–H and O–H groups in total. The standard InChI is InChI=1S/C24H32ClN3O/c1-23(2,3)15-27-13-11-24(12-14-27)16-28(19-8-6-5-7-18(19)26)22-20(29-4)10-9-17(25)21(22)24/h5-10H,11-16,26H2,1-4H3. The highest BCUT2D eigenvalue weighted by Crippen LogP contribution is 2.56. The minimum Gasteiger partial charge on any atom is -0.495 e. The SMILES string of the molecule is COc1ccc(Cl)c2c1N(c1ccccc1N)CC21CCN(CC(C)(C)C)CC1. The molecule has 0 bridgehead atoms. The second kappa shape index (κ2) is 7.41. The van der Waals surface area contributed by atoms with E-state index in [4.69, 9.17) is 22.1 Å². The summed E-state index contributed by atoms with van der Waals surface area (Å²) >= 11 is 6.83. The van der Waals surface area contributed by atoms with Gasteiger partial charge >= 0.3 is 0 Å². The Hall–Kier alpha value is -1.91. The van der Waals surface area contributed by atoms with Gasteiger partial charge in [0.15, 0.2) is 0 Å². The second-order valence-electron chi connectivity index (χ2n) is 9.74. The second-order valence-corrected chi connectivity index (χ2v) is 10.1. The molecule has 156 valence electrons. The van der Waals surface area contributed by atoms with Crippen LogP contribution in [0.1, 0.15) is 39.2 Å². The molecule has 2 aromatic rings. The summed E-state index contributed by atoms with van der Waals surface area (Å²) < 4.78 is 5.77. The zero-order chi connectivity index (χ0) is 20.8. The van der Waals surface area contributed by atoms with Crippen molar-refractivity contribution in [2.45, 2.75) is 39.0 Å². The number of para-hydroxylation sites is 2. The Balaban J connectivity index is 1.75. The van der Waals surface area contributed by atoms with E-state index in [2.05, 4.69) is 36.6 Å². The number of halogens is 1. The first-order valence-corrected chi connectivity index (χ1v) is 10.8. The Morgan fingerprint density at radius 3 is 2.41 bits per heavy atom. The van der Waals surface area contributed by atoms with E-state index in [1.54, 1.807) is 7.11 Å². The first-order valence-electron chi connectivity index (χ1n) is 10.5. The van der Waals surface area contributed by atoms with Crippen molar-refractivity contribution in [2.75, 3.05) is 43.9 Å². The first-order chi connectivity index (χ1) is 13.7. The summed E-state index contributed by atoms with van der Waals surface area (Å²) in [6.45, 7) is 11.1. The largest absolute Gasteiger partial charge is 0.495 e. The number of likely N-dealkylation sites (tertiary alicyclic amines) is 1. The Morgan fingerprint density at radius 1 is 1.10 bits per heavy atom.